The lowest BCUT2D eigenvalue weighted by atomic mass is 10.1. The molecule has 2 aromatic carbocycles. The number of carbonyl (C=O) groups excluding carboxylic acids is 3. The number of halogens is 1. The number of nitrogens with one attached hydrogen (secondary N) is 1. The van der Waals surface area contributed by atoms with Gasteiger partial charge in [0.15, 0.2) is 0 Å². The Balaban J connectivity index is 0.000000269. The van der Waals surface area contributed by atoms with E-state index in [-0.39, 0.29) is 68.7 Å². The first-order valence-corrected chi connectivity index (χ1v) is 22.5. The highest BCUT2D eigenvalue weighted by Crippen LogP contribution is 2.27. The molecule has 4 heterocycles. The number of amides is 1. The molecule has 336 valence electrons. The van der Waals surface area contributed by atoms with E-state index in [4.69, 9.17) is 9.47 Å². The molecule has 6 rings (SSSR count). The largest absolute Gasteiger partial charge is 0.465 e. The van der Waals surface area contributed by atoms with Crippen molar-refractivity contribution in [1.82, 2.24) is 28.8 Å². The van der Waals surface area contributed by atoms with Crippen LogP contribution in [0.25, 0.3) is 0 Å². The van der Waals surface area contributed by atoms with Crippen LogP contribution >= 0.6 is 12.4 Å². The lowest BCUT2D eigenvalue weighted by molar-refractivity contribution is -0.135. The fraction of sp³-hybridized carbons (Fsp3) is 0.405. The molecule has 2 aliphatic heterocycles. The third kappa shape index (κ3) is 12.0. The van der Waals surface area contributed by atoms with Crippen LogP contribution in [0, 0.1) is 0 Å². The predicted molar refractivity (Wildman–Crippen MR) is 238 cm³/mol. The highest BCUT2D eigenvalue weighted by atomic mass is 35.5. The second-order valence-electron chi connectivity index (χ2n) is 15.1. The molecule has 4 atom stereocenters. The van der Waals surface area contributed by atoms with Gasteiger partial charge >= 0.3 is 32.4 Å². The predicted octanol–water partition coefficient (Wildman–Crippen LogP) is 4.28. The summed E-state index contributed by atoms with van der Waals surface area (Å²) in [6, 6.07) is 19.7. The van der Waals surface area contributed by atoms with Gasteiger partial charge < -0.3 is 19.7 Å². The van der Waals surface area contributed by atoms with E-state index in [1.165, 1.54) is 50.8 Å². The number of hydrogen-bond acceptors (Lipinski definition) is 12. The Morgan fingerprint density at radius 3 is 1.34 bits per heavy atom. The zero-order chi connectivity index (χ0) is 44.5. The molecular formula is C42H55ClN8O9S2. The van der Waals surface area contributed by atoms with Gasteiger partial charge in [-0.1, -0.05) is 24.3 Å². The van der Waals surface area contributed by atoms with Gasteiger partial charge in [-0.3, -0.25) is 23.4 Å². The van der Waals surface area contributed by atoms with E-state index in [9.17, 15) is 31.2 Å². The molecule has 0 aliphatic carbocycles. The first-order valence-electron chi connectivity index (χ1n) is 19.7. The normalized spacial score (nSPS) is 19.5. The summed E-state index contributed by atoms with van der Waals surface area (Å²) in [5.74, 6) is -0.964. The van der Waals surface area contributed by atoms with Gasteiger partial charge in [0.25, 0.3) is 0 Å². The molecule has 0 unspecified atom stereocenters. The zero-order valence-electron chi connectivity index (χ0n) is 35.8. The number of esters is 2. The number of carbonyl (C=O) groups is 3. The van der Waals surface area contributed by atoms with Crippen LogP contribution in [0.1, 0.15) is 66.5 Å². The number of anilines is 2. The summed E-state index contributed by atoms with van der Waals surface area (Å²) >= 11 is 0. The van der Waals surface area contributed by atoms with Crippen molar-refractivity contribution in [3.05, 3.63) is 120 Å². The number of piperazine rings is 2. The maximum atomic E-state index is 13.7. The summed E-state index contributed by atoms with van der Waals surface area (Å²) < 4.78 is 69.5. The van der Waals surface area contributed by atoms with E-state index in [1.54, 1.807) is 90.1 Å². The minimum Gasteiger partial charge on any atom is -0.465 e. The van der Waals surface area contributed by atoms with E-state index < -0.39 is 32.4 Å². The molecule has 2 aromatic heterocycles. The maximum absolute atomic E-state index is 13.7. The summed E-state index contributed by atoms with van der Waals surface area (Å²) in [5, 5.41) is 3.35. The summed E-state index contributed by atoms with van der Waals surface area (Å²) in [6.07, 6.45) is 6.22. The monoisotopic (exact) mass is 914 g/mol. The van der Waals surface area contributed by atoms with Crippen LogP contribution in [-0.4, -0.2) is 123 Å². The summed E-state index contributed by atoms with van der Waals surface area (Å²) in [5.41, 5.74) is 3.17. The Bertz CT molecular complexity index is 2310. The number of aromatic nitrogens is 2. The molecule has 1 N–H and O–H groups in total. The first kappa shape index (κ1) is 49.5. The Morgan fingerprint density at radius 2 is 1.02 bits per heavy atom. The van der Waals surface area contributed by atoms with E-state index in [1.807, 2.05) is 27.7 Å². The van der Waals surface area contributed by atoms with E-state index in [0.29, 0.717) is 41.2 Å². The number of methoxy groups -OCH3 is 2. The van der Waals surface area contributed by atoms with Crippen molar-refractivity contribution in [1.29, 1.82) is 0 Å². The van der Waals surface area contributed by atoms with Crippen molar-refractivity contribution in [3.63, 3.8) is 0 Å². The third-order valence-corrected chi connectivity index (χ3v) is 13.9. The van der Waals surface area contributed by atoms with E-state index in [2.05, 4.69) is 15.3 Å². The highest BCUT2D eigenvalue weighted by molar-refractivity contribution is 7.90. The van der Waals surface area contributed by atoms with Gasteiger partial charge in [0.2, 0.25) is 5.91 Å². The molecule has 62 heavy (non-hydrogen) atoms. The van der Waals surface area contributed by atoms with Crippen LogP contribution in [0.3, 0.4) is 0 Å². The lowest BCUT2D eigenvalue weighted by Gasteiger charge is -2.44. The minimum atomic E-state index is -3.92. The van der Waals surface area contributed by atoms with Crippen molar-refractivity contribution in [3.8, 4) is 0 Å². The molecule has 17 nitrogen and oxygen atoms in total. The molecule has 1 amide bonds. The maximum Gasteiger partial charge on any atom is 0.337 e. The Kier molecular flexibility index (Phi) is 17.4. The molecule has 20 heteroatoms. The van der Waals surface area contributed by atoms with Crippen molar-refractivity contribution in [2.24, 2.45) is 0 Å². The van der Waals surface area contributed by atoms with Crippen LogP contribution in [-0.2, 0) is 47.8 Å². The lowest BCUT2D eigenvalue weighted by Crippen LogP contribution is -2.61. The van der Waals surface area contributed by atoms with Crippen molar-refractivity contribution in [2.75, 3.05) is 49.0 Å². The molecular weight excluding hydrogens is 860 g/mol. The van der Waals surface area contributed by atoms with Gasteiger partial charge in [-0.05, 0) is 87.4 Å². The van der Waals surface area contributed by atoms with Crippen LogP contribution in [0.4, 0.5) is 11.4 Å². The molecule has 2 fully saturated rings. The summed E-state index contributed by atoms with van der Waals surface area (Å²) in [4.78, 5) is 45.2. The molecule has 0 bridgehead atoms. The molecule has 2 aliphatic rings. The molecule has 2 saturated heterocycles. The molecule has 4 aromatic rings. The SMILES string of the molecule is COC(=O)c1ccc(CN(c2cccnc2)S(=O)(=O)N2C[C@@H](C)N(C(C)=O)[C@@H](C)C2)cc1.COC(=O)c1ccc(CN(c2cccnc2)S(=O)(=O)N2C[C@@H](C)N[C@@H](C)C2)cc1.Cl. The number of rotatable bonds is 12. The van der Waals surface area contributed by atoms with Gasteiger partial charge in [-0.15, -0.1) is 12.4 Å². The van der Waals surface area contributed by atoms with Crippen LogP contribution in [0.5, 0.6) is 0 Å². The van der Waals surface area contributed by atoms with Gasteiger partial charge in [0.1, 0.15) is 0 Å². The Morgan fingerprint density at radius 1 is 0.645 bits per heavy atom. The third-order valence-electron chi connectivity index (χ3n) is 10.3. The Labute approximate surface area is 370 Å². The standard InChI is InChI=1S/C22H28N4O5S.C20H26N4O4S.ClH/c1-16-13-24(14-17(2)26(16)18(3)27)32(29,30)25(21-6-5-11-23-12-21)15-19-7-9-20(10-8-19)22(28)31-4;1-15-12-23(13-16(2)22-15)29(26,27)24(19-5-4-10-21-11-19)14-17-6-8-18(9-7-17)20(25)28-3;/h5-12,16-17H,13-15H2,1-4H3;4-11,15-16,22H,12-14H2,1-3H3;1H/t16-,17+;15-,16+;. The van der Waals surface area contributed by atoms with Crippen molar-refractivity contribution < 1.29 is 40.7 Å². The number of ether oxygens (including phenoxy) is 2. The molecule has 0 spiro atoms. The number of pyridine rings is 2. The smallest absolute Gasteiger partial charge is 0.337 e. The van der Waals surface area contributed by atoms with Gasteiger partial charge in [0.05, 0.1) is 62.2 Å². The Hall–Kier alpha value is -5.18. The number of benzene rings is 2. The first-order chi connectivity index (χ1) is 29.0. The minimum absolute atomic E-state index is 0. The second kappa shape index (κ2) is 21.8. The highest BCUT2D eigenvalue weighted by Gasteiger charge is 2.40. The van der Waals surface area contributed by atoms with Gasteiger partial charge in [0, 0.05) is 69.7 Å². The number of nitrogens with zero attached hydrogens (tertiary/aromatic N) is 7. The van der Waals surface area contributed by atoms with Gasteiger partial charge in [-0.2, -0.15) is 25.4 Å². The summed E-state index contributed by atoms with van der Waals surface area (Å²) in [7, 11) is -5.07. The van der Waals surface area contributed by atoms with E-state index >= 15 is 0 Å². The fourth-order valence-electron chi connectivity index (χ4n) is 7.50. The number of hydrogen-bond donors (Lipinski definition) is 1. The molecule has 0 radical (unpaired) electrons. The average Bonchev–Trinajstić information content (AvgIpc) is 3.24. The van der Waals surface area contributed by atoms with E-state index in [0.717, 1.165) is 5.56 Å². The van der Waals surface area contributed by atoms with Crippen LogP contribution < -0.4 is 13.9 Å². The van der Waals surface area contributed by atoms with Crippen molar-refractivity contribution in [2.45, 2.75) is 71.9 Å². The van der Waals surface area contributed by atoms with Gasteiger partial charge in [-0.25, -0.2) is 9.59 Å². The quantitative estimate of drug-likeness (QED) is 0.199. The topological polar surface area (TPSA) is 192 Å². The average molecular weight is 916 g/mol. The second-order valence-corrected chi connectivity index (χ2v) is 18.8. The fourth-order valence-corrected chi connectivity index (χ4v) is 11.1. The van der Waals surface area contributed by atoms with Crippen molar-refractivity contribution >= 4 is 62.0 Å². The van der Waals surface area contributed by atoms with Crippen LogP contribution in [0.15, 0.2) is 97.6 Å². The zero-order valence-corrected chi connectivity index (χ0v) is 38.3. The molecule has 0 saturated carbocycles. The van der Waals surface area contributed by atoms with Crippen LogP contribution in [0.2, 0.25) is 0 Å². The summed E-state index contributed by atoms with van der Waals surface area (Å²) in [6.45, 7) is 10.5.